The van der Waals surface area contributed by atoms with Crippen LogP contribution in [-0.2, 0) is 0 Å². The van der Waals surface area contributed by atoms with E-state index < -0.39 is 0 Å². The number of fused-ring (bicyclic) bond motifs is 9. The zero-order chi connectivity index (χ0) is 34.9. The summed E-state index contributed by atoms with van der Waals surface area (Å²) in [5.74, 6) is 3.09. The number of nitrogens with zero attached hydrogens (tertiary/aromatic N) is 3. The quantitative estimate of drug-likeness (QED) is 0.174. The zero-order valence-corrected chi connectivity index (χ0v) is 28.6. The van der Waals surface area contributed by atoms with Crippen molar-refractivity contribution in [3.63, 3.8) is 0 Å². The van der Waals surface area contributed by atoms with Crippen molar-refractivity contribution >= 4 is 43.1 Å². The average molecular weight is 678 g/mol. The van der Waals surface area contributed by atoms with E-state index in [0.717, 1.165) is 38.6 Å². The number of hydrogen-bond donors (Lipinski definition) is 0. The predicted octanol–water partition coefficient (Wildman–Crippen LogP) is 12.1. The van der Waals surface area contributed by atoms with Gasteiger partial charge < -0.3 is 4.74 Å². The summed E-state index contributed by atoms with van der Waals surface area (Å²) in [4.78, 5) is 15.6. The second-order valence-electron chi connectivity index (χ2n) is 13.9. The van der Waals surface area contributed by atoms with Crippen molar-refractivity contribution in [3.8, 4) is 51.0 Å². The fraction of sp³-hybridized carbons (Fsp3) is 0.0408. The van der Waals surface area contributed by atoms with Gasteiger partial charge in [0, 0.05) is 28.2 Å². The molecule has 0 saturated heterocycles. The summed E-state index contributed by atoms with van der Waals surface area (Å²) >= 11 is 0. The maximum Gasteiger partial charge on any atom is 0.164 e. The fourth-order valence-electron chi connectivity index (χ4n) is 8.39. The van der Waals surface area contributed by atoms with Gasteiger partial charge >= 0.3 is 0 Å². The normalized spacial score (nSPS) is 15.9. The summed E-state index contributed by atoms with van der Waals surface area (Å²) in [7, 11) is 0. The third-order valence-corrected chi connectivity index (χ3v) is 10.8. The van der Waals surface area contributed by atoms with Crippen molar-refractivity contribution in [2.24, 2.45) is 0 Å². The summed E-state index contributed by atoms with van der Waals surface area (Å²) in [5.41, 5.74) is 6.51. The molecule has 11 rings (SSSR count). The van der Waals surface area contributed by atoms with E-state index >= 15 is 0 Å². The van der Waals surface area contributed by atoms with E-state index in [1.807, 2.05) is 18.2 Å². The first-order valence-corrected chi connectivity index (χ1v) is 18.1. The molecule has 2 unspecified atom stereocenters. The SMILES string of the molecule is C1=CC2Oc3cccc(-c4cccc5cc(-c6nc(-c7ccccc7)nc(-c7cc8ccccc8c8c7ccc7ccccc78)n6)ccc45)c3C2C=C1. The highest BCUT2D eigenvalue weighted by Crippen LogP contribution is 2.47. The minimum atomic E-state index is 0.0352. The van der Waals surface area contributed by atoms with Crippen LogP contribution in [0.1, 0.15) is 11.5 Å². The van der Waals surface area contributed by atoms with Gasteiger partial charge in [0.15, 0.2) is 17.5 Å². The third-order valence-electron chi connectivity index (χ3n) is 10.8. The molecular weight excluding hydrogens is 647 g/mol. The van der Waals surface area contributed by atoms with Crippen LogP contribution < -0.4 is 4.74 Å². The van der Waals surface area contributed by atoms with Crippen molar-refractivity contribution in [2.75, 3.05) is 0 Å². The molecule has 248 valence electrons. The van der Waals surface area contributed by atoms with Gasteiger partial charge in [-0.2, -0.15) is 0 Å². The molecule has 4 heteroatoms. The fourth-order valence-corrected chi connectivity index (χ4v) is 8.39. The molecule has 2 heterocycles. The van der Waals surface area contributed by atoms with E-state index in [1.165, 1.54) is 43.6 Å². The van der Waals surface area contributed by atoms with Gasteiger partial charge in [-0.05, 0) is 78.5 Å². The highest BCUT2D eigenvalue weighted by atomic mass is 16.5. The van der Waals surface area contributed by atoms with Gasteiger partial charge in [0.1, 0.15) is 11.9 Å². The van der Waals surface area contributed by atoms with E-state index in [1.54, 1.807) is 0 Å². The largest absolute Gasteiger partial charge is 0.485 e. The number of rotatable bonds is 4. The van der Waals surface area contributed by atoms with Crippen LogP contribution in [0.4, 0.5) is 0 Å². The lowest BCUT2D eigenvalue weighted by molar-refractivity contribution is 0.269. The van der Waals surface area contributed by atoms with Gasteiger partial charge in [-0.1, -0.05) is 152 Å². The first kappa shape index (κ1) is 29.8. The first-order chi connectivity index (χ1) is 26.3. The molecule has 0 amide bonds. The predicted molar refractivity (Wildman–Crippen MR) is 217 cm³/mol. The number of ether oxygens (including phenoxy) is 1. The van der Waals surface area contributed by atoms with Gasteiger partial charge in [0.2, 0.25) is 0 Å². The Hall–Kier alpha value is -6.91. The number of allylic oxidation sites excluding steroid dienone is 2. The minimum absolute atomic E-state index is 0.0352. The monoisotopic (exact) mass is 677 g/mol. The molecule has 0 fully saturated rings. The molecule has 53 heavy (non-hydrogen) atoms. The van der Waals surface area contributed by atoms with Gasteiger partial charge in [-0.3, -0.25) is 0 Å². The lowest BCUT2D eigenvalue weighted by atomic mass is 9.85. The van der Waals surface area contributed by atoms with Crippen LogP contribution >= 0.6 is 0 Å². The Labute approximate surface area is 306 Å². The summed E-state index contributed by atoms with van der Waals surface area (Å²) in [6.07, 6.45) is 8.65. The molecule has 0 saturated carbocycles. The molecule has 1 aromatic heterocycles. The first-order valence-electron chi connectivity index (χ1n) is 18.1. The zero-order valence-electron chi connectivity index (χ0n) is 28.6. The number of benzene rings is 8. The van der Waals surface area contributed by atoms with Crippen molar-refractivity contribution in [1.82, 2.24) is 15.0 Å². The van der Waals surface area contributed by atoms with Crippen LogP contribution in [0.25, 0.3) is 88.4 Å². The second-order valence-corrected chi connectivity index (χ2v) is 13.9. The van der Waals surface area contributed by atoms with Crippen LogP contribution in [0.5, 0.6) is 5.75 Å². The molecular formula is C49H31N3O. The molecule has 2 atom stereocenters. The van der Waals surface area contributed by atoms with Crippen LogP contribution in [0, 0.1) is 0 Å². The Morgan fingerprint density at radius 3 is 1.96 bits per heavy atom. The van der Waals surface area contributed by atoms with Crippen molar-refractivity contribution in [3.05, 3.63) is 182 Å². The highest BCUT2D eigenvalue weighted by molar-refractivity contribution is 6.23. The molecule has 8 aromatic carbocycles. The standard InChI is InChI=1S/C49H31N3O/c1-2-13-31(14-3-1)47-50-48(52-49(51-47)42-29-33-15-5-7-18-37(33)45-36-17-6-4-12-30(36)24-27-40(42)45)34-25-26-35-32(28-34)16-10-20-38(35)39-21-11-23-44-46(39)41-19-8-9-22-43(41)53-44/h1-29,41,43H. The maximum atomic E-state index is 6.37. The topological polar surface area (TPSA) is 47.9 Å². The van der Waals surface area contributed by atoms with Gasteiger partial charge in [0.05, 0.1) is 0 Å². The van der Waals surface area contributed by atoms with Gasteiger partial charge in [-0.15, -0.1) is 0 Å². The van der Waals surface area contributed by atoms with E-state index in [9.17, 15) is 0 Å². The Morgan fingerprint density at radius 1 is 0.415 bits per heavy atom. The molecule has 9 aromatic rings. The van der Waals surface area contributed by atoms with Crippen molar-refractivity contribution in [2.45, 2.75) is 12.0 Å². The van der Waals surface area contributed by atoms with Crippen LogP contribution in [0.2, 0.25) is 0 Å². The third kappa shape index (κ3) is 4.80. The molecule has 0 bridgehead atoms. The van der Waals surface area contributed by atoms with E-state index in [-0.39, 0.29) is 12.0 Å². The molecule has 0 N–H and O–H groups in total. The van der Waals surface area contributed by atoms with Gasteiger partial charge in [-0.25, -0.2) is 15.0 Å². The summed E-state index contributed by atoms with van der Waals surface area (Å²) in [6.45, 7) is 0. The summed E-state index contributed by atoms with van der Waals surface area (Å²) in [6, 6.07) is 53.6. The van der Waals surface area contributed by atoms with Crippen molar-refractivity contribution < 1.29 is 4.74 Å². The lowest BCUT2D eigenvalue weighted by Crippen LogP contribution is -2.15. The summed E-state index contributed by atoms with van der Waals surface area (Å²) in [5, 5.41) is 9.41. The number of aromatic nitrogens is 3. The highest BCUT2D eigenvalue weighted by Gasteiger charge is 2.34. The lowest BCUT2D eigenvalue weighted by Gasteiger charge is -2.17. The maximum absolute atomic E-state index is 6.37. The second kappa shape index (κ2) is 11.8. The Balaban J connectivity index is 1.11. The Bertz CT molecular complexity index is 2980. The average Bonchev–Trinajstić information content (AvgIpc) is 3.62. The molecule has 1 aliphatic heterocycles. The Kier molecular flexibility index (Phi) is 6.65. The van der Waals surface area contributed by atoms with E-state index in [4.69, 9.17) is 19.7 Å². The minimum Gasteiger partial charge on any atom is -0.485 e. The van der Waals surface area contributed by atoms with Crippen LogP contribution in [-0.4, -0.2) is 21.1 Å². The molecule has 0 spiro atoms. The van der Waals surface area contributed by atoms with Gasteiger partial charge in [0.25, 0.3) is 0 Å². The van der Waals surface area contributed by atoms with E-state index in [2.05, 4.69) is 158 Å². The molecule has 2 aliphatic rings. The van der Waals surface area contributed by atoms with Crippen LogP contribution in [0.15, 0.2) is 176 Å². The van der Waals surface area contributed by atoms with E-state index in [0.29, 0.717) is 17.5 Å². The molecule has 0 radical (unpaired) electrons. The summed E-state index contributed by atoms with van der Waals surface area (Å²) < 4.78 is 6.37. The Morgan fingerprint density at radius 2 is 1.08 bits per heavy atom. The number of hydrogen-bond acceptors (Lipinski definition) is 4. The molecule has 4 nitrogen and oxygen atoms in total. The van der Waals surface area contributed by atoms with Crippen molar-refractivity contribution in [1.29, 1.82) is 0 Å². The smallest absolute Gasteiger partial charge is 0.164 e. The van der Waals surface area contributed by atoms with Crippen LogP contribution in [0.3, 0.4) is 0 Å². The molecule has 1 aliphatic carbocycles.